The molecular formula is C18H26FNO. The van der Waals surface area contributed by atoms with Gasteiger partial charge in [-0.2, -0.15) is 0 Å². The highest BCUT2D eigenvalue weighted by molar-refractivity contribution is 5.24. The number of aliphatic hydroxyl groups is 1. The van der Waals surface area contributed by atoms with Gasteiger partial charge < -0.3 is 10.4 Å². The SMILES string of the molecule is O[C@](CCCC1CC1)(c1cccc(F)c1)C1CCCNC1. The maximum atomic E-state index is 13.6. The fourth-order valence-corrected chi connectivity index (χ4v) is 3.67. The van der Waals surface area contributed by atoms with Gasteiger partial charge in [0.25, 0.3) is 0 Å². The molecule has 1 aromatic rings. The van der Waals surface area contributed by atoms with Crippen LogP contribution in [0.1, 0.15) is 50.5 Å². The molecular weight excluding hydrogens is 265 g/mol. The fourth-order valence-electron chi connectivity index (χ4n) is 3.67. The zero-order valence-corrected chi connectivity index (χ0v) is 12.7. The van der Waals surface area contributed by atoms with Crippen LogP contribution in [-0.4, -0.2) is 18.2 Å². The lowest BCUT2D eigenvalue weighted by molar-refractivity contribution is -0.0430. The van der Waals surface area contributed by atoms with Crippen LogP contribution in [0.2, 0.25) is 0 Å². The molecule has 2 nitrogen and oxygen atoms in total. The van der Waals surface area contributed by atoms with E-state index >= 15 is 0 Å². The van der Waals surface area contributed by atoms with Crippen molar-refractivity contribution in [3.63, 3.8) is 0 Å². The summed E-state index contributed by atoms with van der Waals surface area (Å²) in [5.74, 6) is 0.815. The molecule has 1 unspecified atom stereocenters. The molecule has 1 saturated heterocycles. The van der Waals surface area contributed by atoms with E-state index in [1.54, 1.807) is 6.07 Å². The first kappa shape index (κ1) is 15.0. The minimum atomic E-state index is -0.885. The summed E-state index contributed by atoms with van der Waals surface area (Å²) >= 11 is 0. The molecule has 1 heterocycles. The number of hydrogen-bond acceptors (Lipinski definition) is 2. The van der Waals surface area contributed by atoms with Crippen LogP contribution in [0.4, 0.5) is 4.39 Å². The summed E-state index contributed by atoms with van der Waals surface area (Å²) in [7, 11) is 0. The highest BCUT2D eigenvalue weighted by Gasteiger charge is 2.39. The molecule has 2 N–H and O–H groups in total. The predicted molar refractivity (Wildman–Crippen MR) is 82.5 cm³/mol. The monoisotopic (exact) mass is 291 g/mol. The number of benzene rings is 1. The molecule has 116 valence electrons. The first-order valence-electron chi connectivity index (χ1n) is 8.37. The van der Waals surface area contributed by atoms with Gasteiger partial charge in [-0.25, -0.2) is 4.39 Å². The topological polar surface area (TPSA) is 32.3 Å². The fraction of sp³-hybridized carbons (Fsp3) is 0.667. The van der Waals surface area contributed by atoms with Crippen LogP contribution in [-0.2, 0) is 5.60 Å². The third kappa shape index (κ3) is 3.64. The average Bonchev–Trinajstić information content (AvgIpc) is 3.32. The summed E-state index contributed by atoms with van der Waals surface area (Å²) in [6, 6.07) is 6.57. The lowest BCUT2D eigenvalue weighted by atomic mass is 9.74. The molecule has 21 heavy (non-hydrogen) atoms. The Hall–Kier alpha value is -0.930. The lowest BCUT2D eigenvalue weighted by Crippen LogP contribution is -2.44. The molecule has 1 aromatic carbocycles. The first-order chi connectivity index (χ1) is 10.2. The normalized spacial score (nSPS) is 25.5. The van der Waals surface area contributed by atoms with E-state index in [0.29, 0.717) is 0 Å². The molecule has 0 radical (unpaired) electrons. The van der Waals surface area contributed by atoms with Gasteiger partial charge in [0, 0.05) is 12.5 Å². The Morgan fingerprint density at radius 3 is 2.81 bits per heavy atom. The first-order valence-corrected chi connectivity index (χ1v) is 8.37. The molecule has 0 bridgehead atoms. The van der Waals surface area contributed by atoms with E-state index in [1.165, 1.54) is 31.4 Å². The van der Waals surface area contributed by atoms with E-state index in [9.17, 15) is 9.50 Å². The van der Waals surface area contributed by atoms with E-state index in [2.05, 4.69) is 5.32 Å². The van der Waals surface area contributed by atoms with Crippen molar-refractivity contribution in [2.75, 3.05) is 13.1 Å². The van der Waals surface area contributed by atoms with E-state index < -0.39 is 5.60 Å². The third-order valence-electron chi connectivity index (χ3n) is 5.16. The highest BCUT2D eigenvalue weighted by atomic mass is 19.1. The molecule has 0 amide bonds. The van der Waals surface area contributed by atoms with Crippen molar-refractivity contribution in [2.45, 2.75) is 50.5 Å². The van der Waals surface area contributed by atoms with Crippen LogP contribution in [0.15, 0.2) is 24.3 Å². The number of halogens is 1. The molecule has 2 aliphatic rings. The smallest absolute Gasteiger partial charge is 0.123 e. The van der Waals surface area contributed by atoms with Crippen molar-refractivity contribution in [1.29, 1.82) is 0 Å². The van der Waals surface area contributed by atoms with Crippen molar-refractivity contribution in [2.24, 2.45) is 11.8 Å². The van der Waals surface area contributed by atoms with Gasteiger partial charge in [-0.1, -0.05) is 31.4 Å². The Kier molecular flexibility index (Phi) is 4.60. The molecule has 2 fully saturated rings. The second kappa shape index (κ2) is 6.45. The largest absolute Gasteiger partial charge is 0.385 e. The van der Waals surface area contributed by atoms with Crippen molar-refractivity contribution in [3.8, 4) is 0 Å². The summed E-state index contributed by atoms with van der Waals surface area (Å²) in [4.78, 5) is 0. The Balaban J connectivity index is 1.77. The average molecular weight is 291 g/mol. The van der Waals surface area contributed by atoms with Crippen LogP contribution in [0.25, 0.3) is 0 Å². The van der Waals surface area contributed by atoms with Gasteiger partial charge in [-0.3, -0.25) is 0 Å². The second-order valence-corrected chi connectivity index (χ2v) is 6.81. The molecule has 3 rings (SSSR count). The summed E-state index contributed by atoms with van der Waals surface area (Å²) in [5, 5.41) is 14.7. The number of rotatable bonds is 6. The summed E-state index contributed by atoms with van der Waals surface area (Å²) in [6.45, 7) is 1.86. The van der Waals surface area contributed by atoms with Crippen LogP contribution >= 0.6 is 0 Å². The Bertz CT molecular complexity index is 468. The second-order valence-electron chi connectivity index (χ2n) is 6.81. The quantitative estimate of drug-likeness (QED) is 0.839. The number of nitrogens with one attached hydrogen (secondary N) is 1. The third-order valence-corrected chi connectivity index (χ3v) is 5.16. The van der Waals surface area contributed by atoms with Crippen LogP contribution in [0, 0.1) is 17.7 Å². The van der Waals surface area contributed by atoms with Gasteiger partial charge in [-0.05, 0) is 55.8 Å². The zero-order chi connectivity index (χ0) is 14.7. The molecule has 1 aliphatic heterocycles. The minimum absolute atomic E-state index is 0.187. The molecule has 0 aromatic heterocycles. The van der Waals surface area contributed by atoms with Gasteiger partial charge in [-0.15, -0.1) is 0 Å². The van der Waals surface area contributed by atoms with Gasteiger partial charge in [0.2, 0.25) is 0 Å². The van der Waals surface area contributed by atoms with E-state index in [0.717, 1.165) is 50.3 Å². The molecule has 2 atom stereocenters. The van der Waals surface area contributed by atoms with Crippen molar-refractivity contribution < 1.29 is 9.50 Å². The zero-order valence-electron chi connectivity index (χ0n) is 12.7. The van der Waals surface area contributed by atoms with Gasteiger partial charge in [0.05, 0.1) is 5.60 Å². The number of hydrogen-bond donors (Lipinski definition) is 2. The maximum Gasteiger partial charge on any atom is 0.123 e. The van der Waals surface area contributed by atoms with Crippen molar-refractivity contribution in [3.05, 3.63) is 35.6 Å². The molecule has 0 spiro atoms. The Labute approximate surface area is 126 Å². The summed E-state index contributed by atoms with van der Waals surface area (Å²) in [6.07, 6.45) is 7.80. The lowest BCUT2D eigenvalue weighted by Gasteiger charge is -2.39. The number of piperidine rings is 1. The summed E-state index contributed by atoms with van der Waals surface area (Å²) in [5.41, 5.74) is -0.128. The Morgan fingerprint density at radius 2 is 2.14 bits per heavy atom. The Morgan fingerprint density at radius 1 is 1.29 bits per heavy atom. The molecule has 1 aliphatic carbocycles. The van der Waals surface area contributed by atoms with Crippen LogP contribution in [0.5, 0.6) is 0 Å². The van der Waals surface area contributed by atoms with Crippen LogP contribution in [0.3, 0.4) is 0 Å². The van der Waals surface area contributed by atoms with Gasteiger partial charge in [0.15, 0.2) is 0 Å². The molecule has 3 heteroatoms. The highest BCUT2D eigenvalue weighted by Crippen LogP contribution is 2.41. The van der Waals surface area contributed by atoms with Crippen molar-refractivity contribution in [1.82, 2.24) is 5.32 Å². The van der Waals surface area contributed by atoms with Gasteiger partial charge in [0.1, 0.15) is 5.82 Å². The van der Waals surface area contributed by atoms with Crippen LogP contribution < -0.4 is 5.32 Å². The van der Waals surface area contributed by atoms with E-state index in [-0.39, 0.29) is 11.7 Å². The minimum Gasteiger partial charge on any atom is -0.385 e. The van der Waals surface area contributed by atoms with E-state index in [1.807, 2.05) is 6.07 Å². The maximum absolute atomic E-state index is 13.6. The molecule has 1 saturated carbocycles. The van der Waals surface area contributed by atoms with E-state index in [4.69, 9.17) is 0 Å². The standard InChI is InChI=1S/C18H26FNO/c19-17-7-1-5-15(12-17)18(21,10-2-4-14-8-9-14)16-6-3-11-20-13-16/h1,5,7,12,14,16,20-21H,2-4,6,8-11,13H2/t16?,18-/m1/s1. The summed E-state index contributed by atoms with van der Waals surface area (Å²) < 4.78 is 13.6. The van der Waals surface area contributed by atoms with Crippen molar-refractivity contribution >= 4 is 0 Å². The van der Waals surface area contributed by atoms with Gasteiger partial charge >= 0.3 is 0 Å². The predicted octanol–water partition coefficient (Wildman–Crippen LogP) is 3.59.